The summed E-state index contributed by atoms with van der Waals surface area (Å²) in [5, 5.41) is 9.56. The van der Waals surface area contributed by atoms with E-state index in [-0.39, 0.29) is 11.2 Å². The van der Waals surface area contributed by atoms with E-state index in [2.05, 4.69) is 9.97 Å². The lowest BCUT2D eigenvalue weighted by atomic mass is 10.2. The van der Waals surface area contributed by atoms with Gasteiger partial charge in [0.15, 0.2) is 5.52 Å². The number of nitrogens with zero attached hydrogens (tertiary/aromatic N) is 3. The van der Waals surface area contributed by atoms with E-state index in [1.54, 1.807) is 0 Å². The Morgan fingerprint density at radius 3 is 2.76 bits per heavy atom. The molecule has 0 fully saturated rings. The molecule has 2 aromatic heterocycles. The zero-order chi connectivity index (χ0) is 12.6. The van der Waals surface area contributed by atoms with E-state index in [0.717, 1.165) is 17.4 Å². The number of rotatable bonds is 3. The minimum Gasteiger partial charge on any atom is -0.422 e. The number of hydrogen-bond donors (Lipinski definition) is 2. The minimum atomic E-state index is -0.795. The number of imidazole rings is 1. The van der Waals surface area contributed by atoms with E-state index < -0.39 is 11.2 Å². The SMILES string of the molecule is CCCCc1nc2c([nH]1)c(=O)n(C)c(=O)n2O. The third-order valence-corrected chi connectivity index (χ3v) is 2.69. The van der Waals surface area contributed by atoms with Gasteiger partial charge in [-0.05, 0) is 6.42 Å². The second-order valence-corrected chi connectivity index (χ2v) is 3.94. The van der Waals surface area contributed by atoms with Gasteiger partial charge in [0, 0.05) is 13.5 Å². The molecule has 92 valence electrons. The standard InChI is InChI=1S/C10H14N4O3/c1-3-4-5-6-11-7-8(12-6)14(17)10(16)13(2)9(7)15/h17H,3-5H2,1-2H3,(H,11,12). The van der Waals surface area contributed by atoms with Gasteiger partial charge >= 0.3 is 5.69 Å². The summed E-state index contributed by atoms with van der Waals surface area (Å²) < 4.78 is 1.23. The molecule has 17 heavy (non-hydrogen) atoms. The quantitative estimate of drug-likeness (QED) is 0.736. The van der Waals surface area contributed by atoms with E-state index in [9.17, 15) is 14.8 Å². The largest absolute Gasteiger partial charge is 0.422 e. The average Bonchev–Trinajstić information content (AvgIpc) is 2.75. The van der Waals surface area contributed by atoms with E-state index in [4.69, 9.17) is 0 Å². The molecule has 2 heterocycles. The van der Waals surface area contributed by atoms with Crippen molar-refractivity contribution in [2.75, 3.05) is 0 Å². The van der Waals surface area contributed by atoms with Gasteiger partial charge in [-0.3, -0.25) is 9.36 Å². The maximum Gasteiger partial charge on any atom is 0.365 e. The van der Waals surface area contributed by atoms with Crippen molar-refractivity contribution in [3.8, 4) is 0 Å². The van der Waals surface area contributed by atoms with Crippen LogP contribution in [0, 0.1) is 0 Å². The van der Waals surface area contributed by atoms with Gasteiger partial charge in [-0.2, -0.15) is 0 Å². The molecular formula is C10H14N4O3. The number of hydrogen-bond acceptors (Lipinski definition) is 4. The fraction of sp³-hybridized carbons (Fsp3) is 0.500. The molecule has 0 aliphatic heterocycles. The second kappa shape index (κ2) is 4.08. The molecule has 2 rings (SSSR count). The summed E-state index contributed by atoms with van der Waals surface area (Å²) in [7, 11) is 1.31. The Morgan fingerprint density at radius 1 is 1.41 bits per heavy atom. The molecule has 0 unspecified atom stereocenters. The van der Waals surface area contributed by atoms with Crippen LogP contribution in [-0.4, -0.2) is 24.5 Å². The predicted octanol–water partition coefficient (Wildman–Crippen LogP) is 0.00320. The van der Waals surface area contributed by atoms with E-state index >= 15 is 0 Å². The highest BCUT2D eigenvalue weighted by molar-refractivity contribution is 5.69. The molecule has 2 aromatic rings. The number of aromatic nitrogens is 4. The van der Waals surface area contributed by atoms with Crippen molar-refractivity contribution in [1.29, 1.82) is 0 Å². The normalized spacial score (nSPS) is 11.2. The van der Waals surface area contributed by atoms with Crippen LogP contribution in [0.2, 0.25) is 0 Å². The van der Waals surface area contributed by atoms with Crippen LogP contribution in [-0.2, 0) is 13.5 Å². The molecule has 0 atom stereocenters. The smallest absolute Gasteiger partial charge is 0.365 e. The molecule has 0 aromatic carbocycles. The van der Waals surface area contributed by atoms with Crippen molar-refractivity contribution < 1.29 is 5.21 Å². The summed E-state index contributed by atoms with van der Waals surface area (Å²) >= 11 is 0. The number of unbranched alkanes of at least 4 members (excludes halogenated alkanes) is 1. The van der Waals surface area contributed by atoms with Gasteiger partial charge in [-0.15, -0.1) is 4.73 Å². The summed E-state index contributed by atoms with van der Waals surface area (Å²) in [5.41, 5.74) is -1.13. The molecule has 0 amide bonds. The van der Waals surface area contributed by atoms with Gasteiger partial charge in [-0.25, -0.2) is 9.78 Å². The molecule has 7 nitrogen and oxygen atoms in total. The van der Waals surface area contributed by atoms with Crippen LogP contribution in [0.25, 0.3) is 11.2 Å². The summed E-state index contributed by atoms with van der Waals surface area (Å²) in [5.74, 6) is 0.604. The van der Waals surface area contributed by atoms with Crippen LogP contribution < -0.4 is 11.2 Å². The number of aromatic amines is 1. The van der Waals surface area contributed by atoms with Gasteiger partial charge in [0.2, 0.25) is 5.65 Å². The molecule has 0 aliphatic rings. The number of nitrogens with one attached hydrogen (secondary N) is 1. The second-order valence-electron chi connectivity index (χ2n) is 3.94. The van der Waals surface area contributed by atoms with E-state index in [1.807, 2.05) is 6.92 Å². The molecule has 0 saturated heterocycles. The van der Waals surface area contributed by atoms with E-state index in [1.165, 1.54) is 7.05 Å². The van der Waals surface area contributed by atoms with Crippen LogP contribution in [0.15, 0.2) is 9.59 Å². The first-order valence-electron chi connectivity index (χ1n) is 5.46. The highest BCUT2D eigenvalue weighted by Crippen LogP contribution is 2.06. The maximum absolute atomic E-state index is 11.8. The van der Waals surface area contributed by atoms with Crippen molar-refractivity contribution in [1.82, 2.24) is 19.3 Å². The first-order chi connectivity index (χ1) is 8.06. The van der Waals surface area contributed by atoms with Gasteiger partial charge in [0.05, 0.1) is 0 Å². The van der Waals surface area contributed by atoms with Gasteiger partial charge in [-0.1, -0.05) is 13.3 Å². The molecule has 0 aliphatic carbocycles. The van der Waals surface area contributed by atoms with Crippen molar-refractivity contribution in [2.45, 2.75) is 26.2 Å². The van der Waals surface area contributed by atoms with E-state index in [0.29, 0.717) is 17.0 Å². The summed E-state index contributed by atoms with van der Waals surface area (Å²) in [6, 6.07) is 0. The molecule has 0 radical (unpaired) electrons. The fourth-order valence-corrected chi connectivity index (χ4v) is 1.66. The average molecular weight is 238 g/mol. The minimum absolute atomic E-state index is 0.01000. The first kappa shape index (κ1) is 11.4. The number of aryl methyl sites for hydroxylation is 1. The Labute approximate surface area is 96.3 Å². The van der Waals surface area contributed by atoms with Crippen molar-refractivity contribution in [2.24, 2.45) is 7.05 Å². The van der Waals surface area contributed by atoms with Crippen molar-refractivity contribution >= 4 is 11.2 Å². The highest BCUT2D eigenvalue weighted by Gasteiger charge is 2.14. The lowest BCUT2D eigenvalue weighted by molar-refractivity contribution is 0.177. The Bertz CT molecular complexity index is 664. The van der Waals surface area contributed by atoms with Crippen molar-refractivity contribution in [3.05, 3.63) is 26.7 Å². The Kier molecular flexibility index (Phi) is 2.74. The highest BCUT2D eigenvalue weighted by atomic mass is 16.5. The third kappa shape index (κ3) is 1.73. The Hall–Kier alpha value is -2.05. The lowest BCUT2D eigenvalue weighted by Gasteiger charge is -1.99. The van der Waals surface area contributed by atoms with Crippen LogP contribution >= 0.6 is 0 Å². The van der Waals surface area contributed by atoms with Crippen LogP contribution in [0.3, 0.4) is 0 Å². The Morgan fingerprint density at radius 2 is 2.12 bits per heavy atom. The Balaban J connectivity index is 2.69. The van der Waals surface area contributed by atoms with Crippen LogP contribution in [0.1, 0.15) is 25.6 Å². The maximum atomic E-state index is 11.8. The topological polar surface area (TPSA) is 92.9 Å². The zero-order valence-electron chi connectivity index (χ0n) is 9.73. The number of H-pyrrole nitrogens is 1. The lowest BCUT2D eigenvalue weighted by Crippen LogP contribution is -2.37. The van der Waals surface area contributed by atoms with Gasteiger partial charge < -0.3 is 10.2 Å². The van der Waals surface area contributed by atoms with Crippen LogP contribution in [0.5, 0.6) is 0 Å². The molecule has 2 N–H and O–H groups in total. The molecular weight excluding hydrogens is 224 g/mol. The molecule has 0 bridgehead atoms. The number of fused-ring (bicyclic) bond motifs is 1. The predicted molar refractivity (Wildman–Crippen MR) is 61.4 cm³/mol. The summed E-state index contributed by atoms with van der Waals surface area (Å²) in [6.07, 6.45) is 2.61. The van der Waals surface area contributed by atoms with Crippen molar-refractivity contribution in [3.63, 3.8) is 0 Å². The monoisotopic (exact) mass is 238 g/mol. The molecule has 0 spiro atoms. The van der Waals surface area contributed by atoms with Gasteiger partial charge in [0.25, 0.3) is 5.56 Å². The van der Waals surface area contributed by atoms with Crippen LogP contribution in [0.4, 0.5) is 0 Å². The van der Waals surface area contributed by atoms with Gasteiger partial charge in [0.1, 0.15) is 5.82 Å². The third-order valence-electron chi connectivity index (χ3n) is 2.69. The fourth-order valence-electron chi connectivity index (χ4n) is 1.66. The molecule has 0 saturated carbocycles. The zero-order valence-corrected chi connectivity index (χ0v) is 9.73. The first-order valence-corrected chi connectivity index (χ1v) is 5.46. The summed E-state index contributed by atoms with van der Waals surface area (Å²) in [6.45, 7) is 2.05. The summed E-state index contributed by atoms with van der Waals surface area (Å²) in [4.78, 5) is 30.1. The molecule has 7 heteroatoms.